The second-order valence-electron chi connectivity index (χ2n) is 10.8. The lowest BCUT2D eigenvalue weighted by atomic mass is 9.92. The third kappa shape index (κ3) is 6.88. The second kappa shape index (κ2) is 11.1. The minimum absolute atomic E-state index is 0.0785. The number of carbonyl (C=O) groups excluding carboxylic acids is 2. The average molecular weight is 556 g/mol. The predicted octanol–water partition coefficient (Wildman–Crippen LogP) is 6.42. The quantitative estimate of drug-likeness (QED) is 0.391. The Morgan fingerprint density at radius 3 is 2.42 bits per heavy atom. The van der Waals surface area contributed by atoms with Gasteiger partial charge in [-0.3, -0.25) is 4.79 Å². The number of nitrogens with zero attached hydrogens (tertiary/aromatic N) is 4. The molecule has 1 atom stereocenters. The van der Waals surface area contributed by atoms with Gasteiger partial charge in [0.2, 0.25) is 5.95 Å². The van der Waals surface area contributed by atoms with Gasteiger partial charge in [-0.2, -0.15) is 13.2 Å². The Morgan fingerprint density at radius 2 is 1.77 bits per heavy atom. The number of aryl methyl sites for hydroxylation is 1. The van der Waals surface area contributed by atoms with E-state index < -0.39 is 29.3 Å². The summed E-state index contributed by atoms with van der Waals surface area (Å²) in [6.07, 6.45) is -0.881. The van der Waals surface area contributed by atoms with E-state index in [2.05, 4.69) is 20.2 Å². The first kappa shape index (κ1) is 28.8. The minimum atomic E-state index is -4.49. The maximum absolute atomic E-state index is 13.0. The van der Waals surface area contributed by atoms with Crippen molar-refractivity contribution < 1.29 is 27.5 Å². The molecule has 2 amide bonds. The standard InChI is InChI=1S/C29H32F3N5O3/c1-18-9-10-19(25(38)35-22-8-6-7-21(14-22)29(30,31)32)13-24(18)20-11-12-37(17-20)23-15-33-26(34-16-23)36(5)27(39)40-28(2,3)4/h6-10,13-16,20H,11-12,17H2,1-5H3,(H,35,38)/t20-/m1/s1. The molecule has 212 valence electrons. The highest BCUT2D eigenvalue weighted by Gasteiger charge is 2.31. The van der Waals surface area contributed by atoms with Crippen LogP contribution < -0.4 is 15.1 Å². The Kier molecular flexibility index (Phi) is 8.04. The number of amides is 2. The number of aromatic nitrogens is 2. The van der Waals surface area contributed by atoms with Gasteiger partial charge in [0.25, 0.3) is 5.91 Å². The summed E-state index contributed by atoms with van der Waals surface area (Å²) >= 11 is 0. The van der Waals surface area contributed by atoms with Crippen LogP contribution in [0.4, 0.5) is 35.3 Å². The fourth-order valence-corrected chi connectivity index (χ4v) is 4.51. The molecule has 4 rings (SSSR count). The molecule has 0 radical (unpaired) electrons. The van der Waals surface area contributed by atoms with E-state index in [0.29, 0.717) is 12.1 Å². The molecule has 1 N–H and O–H groups in total. The van der Waals surface area contributed by atoms with Crippen molar-refractivity contribution in [2.75, 3.05) is 35.3 Å². The highest BCUT2D eigenvalue weighted by atomic mass is 19.4. The van der Waals surface area contributed by atoms with Crippen LogP contribution in [0.15, 0.2) is 54.9 Å². The fourth-order valence-electron chi connectivity index (χ4n) is 4.51. The van der Waals surface area contributed by atoms with Crippen molar-refractivity contribution in [3.05, 3.63) is 77.1 Å². The molecule has 0 unspecified atom stereocenters. The first-order valence-electron chi connectivity index (χ1n) is 12.8. The fraction of sp³-hybridized carbons (Fsp3) is 0.379. The lowest BCUT2D eigenvalue weighted by Crippen LogP contribution is -2.35. The number of anilines is 3. The number of hydrogen-bond acceptors (Lipinski definition) is 6. The predicted molar refractivity (Wildman–Crippen MR) is 147 cm³/mol. The van der Waals surface area contributed by atoms with Crippen LogP contribution in [0.1, 0.15) is 60.2 Å². The van der Waals surface area contributed by atoms with Crippen LogP contribution in [0.2, 0.25) is 0 Å². The van der Waals surface area contributed by atoms with Gasteiger partial charge in [-0.05, 0) is 75.6 Å². The molecule has 0 spiro atoms. The van der Waals surface area contributed by atoms with E-state index in [-0.39, 0.29) is 17.6 Å². The molecule has 1 saturated heterocycles. The Morgan fingerprint density at radius 1 is 1.07 bits per heavy atom. The molecule has 0 bridgehead atoms. The molecule has 1 aromatic heterocycles. The summed E-state index contributed by atoms with van der Waals surface area (Å²) in [6, 6.07) is 9.89. The third-order valence-corrected chi connectivity index (χ3v) is 6.57. The van der Waals surface area contributed by atoms with Gasteiger partial charge in [-0.15, -0.1) is 0 Å². The summed E-state index contributed by atoms with van der Waals surface area (Å²) in [5, 5.41) is 2.57. The van der Waals surface area contributed by atoms with Crippen LogP contribution in [-0.2, 0) is 10.9 Å². The van der Waals surface area contributed by atoms with Crippen molar-refractivity contribution in [3.8, 4) is 0 Å². The number of nitrogens with one attached hydrogen (secondary N) is 1. The molecule has 1 aliphatic rings. The number of rotatable bonds is 5. The molecule has 3 aromatic rings. The highest BCUT2D eigenvalue weighted by molar-refractivity contribution is 6.04. The SMILES string of the molecule is Cc1ccc(C(=O)Nc2cccc(C(F)(F)F)c2)cc1[C@@H]1CCN(c2cnc(N(C)C(=O)OC(C)(C)C)nc2)C1. The van der Waals surface area contributed by atoms with Gasteiger partial charge in [0, 0.05) is 37.3 Å². The smallest absolute Gasteiger partial charge is 0.416 e. The van der Waals surface area contributed by atoms with Crippen molar-refractivity contribution in [1.29, 1.82) is 0 Å². The van der Waals surface area contributed by atoms with Gasteiger partial charge < -0.3 is 15.0 Å². The molecular formula is C29H32F3N5O3. The van der Waals surface area contributed by atoms with Gasteiger partial charge in [0.15, 0.2) is 0 Å². The van der Waals surface area contributed by atoms with Gasteiger partial charge in [0.05, 0.1) is 23.6 Å². The molecule has 11 heteroatoms. The van der Waals surface area contributed by atoms with Crippen LogP contribution in [-0.4, -0.2) is 47.7 Å². The third-order valence-electron chi connectivity index (χ3n) is 6.57. The maximum atomic E-state index is 13.0. The zero-order valence-electron chi connectivity index (χ0n) is 23.0. The maximum Gasteiger partial charge on any atom is 0.416 e. The summed E-state index contributed by atoms with van der Waals surface area (Å²) in [5.41, 5.74) is 1.82. The van der Waals surface area contributed by atoms with E-state index in [9.17, 15) is 22.8 Å². The normalized spacial score (nSPS) is 15.6. The Hall–Kier alpha value is -4.15. The van der Waals surface area contributed by atoms with Gasteiger partial charge in [-0.1, -0.05) is 12.1 Å². The van der Waals surface area contributed by atoms with Crippen molar-refractivity contribution >= 4 is 29.3 Å². The van der Waals surface area contributed by atoms with Crippen molar-refractivity contribution in [1.82, 2.24) is 9.97 Å². The summed E-state index contributed by atoms with van der Waals surface area (Å²) in [4.78, 5) is 37.3. The number of hydrogen-bond donors (Lipinski definition) is 1. The van der Waals surface area contributed by atoms with E-state index in [1.54, 1.807) is 46.3 Å². The zero-order chi connectivity index (χ0) is 29.2. The van der Waals surface area contributed by atoms with E-state index in [1.807, 2.05) is 19.1 Å². The minimum Gasteiger partial charge on any atom is -0.443 e. The van der Waals surface area contributed by atoms with Gasteiger partial charge >= 0.3 is 12.3 Å². The molecule has 2 heterocycles. The van der Waals surface area contributed by atoms with E-state index in [1.165, 1.54) is 17.0 Å². The molecule has 1 fully saturated rings. The summed E-state index contributed by atoms with van der Waals surface area (Å²) in [6.45, 7) is 8.74. The number of carbonyl (C=O) groups is 2. The highest BCUT2D eigenvalue weighted by Crippen LogP contribution is 2.34. The Bertz CT molecular complexity index is 1390. The molecule has 8 nitrogen and oxygen atoms in total. The first-order valence-corrected chi connectivity index (χ1v) is 12.8. The van der Waals surface area contributed by atoms with Crippen molar-refractivity contribution in [2.45, 2.75) is 51.8 Å². The largest absolute Gasteiger partial charge is 0.443 e. The van der Waals surface area contributed by atoms with E-state index in [4.69, 9.17) is 4.74 Å². The van der Waals surface area contributed by atoms with Crippen molar-refractivity contribution in [3.63, 3.8) is 0 Å². The molecule has 40 heavy (non-hydrogen) atoms. The lowest BCUT2D eigenvalue weighted by Gasteiger charge is -2.24. The van der Waals surface area contributed by atoms with Crippen LogP contribution in [0.25, 0.3) is 0 Å². The number of benzene rings is 2. The molecule has 2 aromatic carbocycles. The van der Waals surface area contributed by atoms with E-state index >= 15 is 0 Å². The second-order valence-corrected chi connectivity index (χ2v) is 10.8. The number of alkyl halides is 3. The average Bonchev–Trinajstić information content (AvgIpc) is 3.37. The molecule has 0 saturated carbocycles. The molecule has 1 aliphatic heterocycles. The molecule has 0 aliphatic carbocycles. The number of ether oxygens (including phenoxy) is 1. The van der Waals surface area contributed by atoms with Crippen LogP contribution in [0.3, 0.4) is 0 Å². The number of halogens is 3. The van der Waals surface area contributed by atoms with Crippen LogP contribution >= 0.6 is 0 Å². The Balaban J connectivity index is 1.43. The zero-order valence-corrected chi connectivity index (χ0v) is 23.0. The van der Waals surface area contributed by atoms with Crippen molar-refractivity contribution in [2.24, 2.45) is 0 Å². The van der Waals surface area contributed by atoms with Crippen LogP contribution in [0, 0.1) is 6.92 Å². The summed E-state index contributed by atoms with van der Waals surface area (Å²) in [7, 11) is 1.55. The van der Waals surface area contributed by atoms with Crippen LogP contribution in [0.5, 0.6) is 0 Å². The lowest BCUT2D eigenvalue weighted by molar-refractivity contribution is -0.137. The summed E-state index contributed by atoms with van der Waals surface area (Å²) < 4.78 is 44.5. The summed E-state index contributed by atoms with van der Waals surface area (Å²) in [5.74, 6) is -0.122. The Labute approximate surface area is 231 Å². The van der Waals surface area contributed by atoms with E-state index in [0.717, 1.165) is 41.9 Å². The first-order chi connectivity index (χ1) is 18.7. The van der Waals surface area contributed by atoms with Gasteiger partial charge in [-0.25, -0.2) is 19.7 Å². The monoisotopic (exact) mass is 555 g/mol. The topological polar surface area (TPSA) is 87.7 Å². The van der Waals surface area contributed by atoms with Gasteiger partial charge in [0.1, 0.15) is 5.60 Å². The molecular weight excluding hydrogens is 523 g/mol.